The maximum Gasteiger partial charge on any atom is 0.251 e. The summed E-state index contributed by atoms with van der Waals surface area (Å²) in [6.07, 6.45) is 0. The van der Waals surface area contributed by atoms with Crippen molar-refractivity contribution in [2.24, 2.45) is 0 Å². The van der Waals surface area contributed by atoms with Gasteiger partial charge in [0.25, 0.3) is 5.91 Å². The van der Waals surface area contributed by atoms with Crippen LogP contribution in [0.25, 0.3) is 10.2 Å². The Balaban J connectivity index is 0.00000289. The second-order valence-electron chi connectivity index (χ2n) is 7.89. The molecule has 0 spiro atoms. The fraction of sp³-hybridized carbons (Fsp3) is 0.417. The third-order valence-electron chi connectivity index (χ3n) is 5.86. The minimum absolute atomic E-state index is 0. The van der Waals surface area contributed by atoms with Gasteiger partial charge >= 0.3 is 0 Å². The van der Waals surface area contributed by atoms with Crippen LogP contribution in [-0.4, -0.2) is 60.8 Å². The largest absolute Gasteiger partial charge is 0.351 e. The topological polar surface area (TPSA) is 48.5 Å². The normalized spacial score (nSPS) is 14.4. The van der Waals surface area contributed by atoms with E-state index in [0.717, 1.165) is 54.7 Å². The zero-order valence-corrected chi connectivity index (χ0v) is 21.3. The van der Waals surface area contributed by atoms with Crippen LogP contribution in [0.3, 0.4) is 0 Å². The minimum atomic E-state index is 0. The molecule has 5 nitrogen and oxygen atoms in total. The Morgan fingerprint density at radius 1 is 1.09 bits per heavy atom. The summed E-state index contributed by atoms with van der Waals surface area (Å²) in [4.78, 5) is 23.3. The number of fused-ring (bicyclic) bond motifs is 1. The van der Waals surface area contributed by atoms with Crippen LogP contribution < -0.4 is 10.2 Å². The van der Waals surface area contributed by atoms with Gasteiger partial charge in [0, 0.05) is 49.7 Å². The van der Waals surface area contributed by atoms with E-state index < -0.39 is 0 Å². The minimum Gasteiger partial charge on any atom is -0.351 e. The number of benzene rings is 2. The lowest BCUT2D eigenvalue weighted by atomic mass is 10.1. The van der Waals surface area contributed by atoms with Crippen LogP contribution in [0.15, 0.2) is 41.3 Å². The Morgan fingerprint density at radius 2 is 1.81 bits per heavy atom. The van der Waals surface area contributed by atoms with Crippen LogP contribution in [-0.2, 0) is 0 Å². The van der Waals surface area contributed by atoms with Crippen molar-refractivity contribution in [3.05, 3.63) is 53.1 Å². The zero-order chi connectivity index (χ0) is 21.8. The summed E-state index contributed by atoms with van der Waals surface area (Å²) in [5, 5.41) is 4.18. The summed E-state index contributed by atoms with van der Waals surface area (Å²) in [5.74, 6) is 1.05. The number of piperazine rings is 1. The molecule has 0 radical (unpaired) electrons. The Labute approximate surface area is 205 Å². The number of aryl methyl sites for hydroxylation is 2. The number of aromatic nitrogens is 1. The van der Waals surface area contributed by atoms with Crippen molar-refractivity contribution >= 4 is 56.8 Å². The van der Waals surface area contributed by atoms with Gasteiger partial charge in [-0.3, -0.25) is 9.69 Å². The molecule has 1 N–H and O–H groups in total. The van der Waals surface area contributed by atoms with E-state index in [1.165, 1.54) is 20.7 Å². The zero-order valence-electron chi connectivity index (χ0n) is 18.9. The highest BCUT2D eigenvalue weighted by atomic mass is 35.5. The Bertz CT molecular complexity index is 1050. The van der Waals surface area contributed by atoms with Gasteiger partial charge < -0.3 is 10.2 Å². The number of carbonyl (C=O) groups excluding carboxylic acids is 1. The second-order valence-corrected chi connectivity index (χ2v) is 10.2. The molecule has 2 aromatic carbocycles. The van der Waals surface area contributed by atoms with Gasteiger partial charge in [-0.25, -0.2) is 4.98 Å². The molecule has 1 fully saturated rings. The average Bonchev–Trinajstić information content (AvgIpc) is 3.23. The molecule has 1 aromatic heterocycles. The van der Waals surface area contributed by atoms with E-state index in [0.29, 0.717) is 6.54 Å². The lowest BCUT2D eigenvalue weighted by Crippen LogP contribution is -2.48. The molecule has 1 amide bonds. The number of carbonyl (C=O) groups is 1. The molecule has 3 aromatic rings. The fourth-order valence-corrected chi connectivity index (χ4v) is 5.55. The molecule has 4 rings (SSSR count). The van der Waals surface area contributed by atoms with Gasteiger partial charge in [-0.2, -0.15) is 0 Å². The maximum atomic E-state index is 12.4. The van der Waals surface area contributed by atoms with E-state index in [-0.39, 0.29) is 18.3 Å². The van der Waals surface area contributed by atoms with Crippen LogP contribution in [0.5, 0.6) is 0 Å². The number of halogens is 1. The molecule has 2 heterocycles. The van der Waals surface area contributed by atoms with Crippen molar-refractivity contribution in [3.8, 4) is 0 Å². The van der Waals surface area contributed by atoms with Crippen molar-refractivity contribution in [2.75, 3.05) is 49.9 Å². The van der Waals surface area contributed by atoms with Gasteiger partial charge in [0.1, 0.15) is 0 Å². The molecule has 1 aliphatic rings. The first-order chi connectivity index (χ1) is 15.0. The molecule has 0 atom stereocenters. The lowest BCUT2D eigenvalue weighted by molar-refractivity contribution is 0.0947. The predicted molar refractivity (Wildman–Crippen MR) is 140 cm³/mol. The predicted octanol–water partition coefficient (Wildman–Crippen LogP) is 5.00. The van der Waals surface area contributed by atoms with E-state index >= 15 is 0 Å². The van der Waals surface area contributed by atoms with E-state index in [1.807, 2.05) is 24.3 Å². The molecule has 0 saturated carbocycles. The van der Waals surface area contributed by atoms with Gasteiger partial charge in [-0.05, 0) is 61.1 Å². The van der Waals surface area contributed by atoms with E-state index in [2.05, 4.69) is 48.0 Å². The molecule has 1 saturated heterocycles. The number of nitrogens with zero attached hydrogens (tertiary/aromatic N) is 3. The quantitative estimate of drug-likeness (QED) is 0.472. The standard InChI is InChI=1S/C24H30N4OS2.ClH/c1-4-30-20-8-6-19(7-9-20)23(29)25-11-12-27-13-15-28(16-14-27)24-26-22-18(3)17(2)5-10-21(22)31-24;/h5-10H,4,11-16H2,1-3H3,(H,25,29);1H. The first kappa shape index (κ1) is 24.8. The van der Waals surface area contributed by atoms with Crippen molar-refractivity contribution < 1.29 is 4.79 Å². The van der Waals surface area contributed by atoms with Crippen molar-refractivity contribution in [1.29, 1.82) is 0 Å². The summed E-state index contributed by atoms with van der Waals surface area (Å²) in [5.41, 5.74) is 4.46. The molecule has 0 bridgehead atoms. The van der Waals surface area contributed by atoms with E-state index in [1.54, 1.807) is 23.1 Å². The van der Waals surface area contributed by atoms with E-state index in [9.17, 15) is 4.79 Å². The van der Waals surface area contributed by atoms with Gasteiger partial charge in [0.15, 0.2) is 5.13 Å². The number of hydrogen-bond acceptors (Lipinski definition) is 6. The second kappa shape index (κ2) is 11.4. The van der Waals surface area contributed by atoms with Crippen LogP contribution in [0.1, 0.15) is 28.4 Å². The third-order valence-corrected chi connectivity index (χ3v) is 7.83. The molecular formula is C24H31ClN4OS2. The Morgan fingerprint density at radius 3 is 2.50 bits per heavy atom. The van der Waals surface area contributed by atoms with Gasteiger partial charge in [0.05, 0.1) is 10.2 Å². The molecule has 32 heavy (non-hydrogen) atoms. The van der Waals surface area contributed by atoms with E-state index in [4.69, 9.17) is 4.98 Å². The smallest absolute Gasteiger partial charge is 0.251 e. The number of nitrogens with one attached hydrogen (secondary N) is 1. The van der Waals surface area contributed by atoms with Crippen LogP contribution in [0, 0.1) is 13.8 Å². The highest BCUT2D eigenvalue weighted by Crippen LogP contribution is 2.32. The molecule has 8 heteroatoms. The molecule has 0 unspecified atom stereocenters. The lowest BCUT2D eigenvalue weighted by Gasteiger charge is -2.34. The third kappa shape index (κ3) is 5.76. The Kier molecular flexibility index (Phi) is 8.82. The average molecular weight is 491 g/mol. The highest BCUT2D eigenvalue weighted by molar-refractivity contribution is 7.99. The van der Waals surface area contributed by atoms with Gasteiger partial charge in [0.2, 0.25) is 0 Å². The summed E-state index contributed by atoms with van der Waals surface area (Å²) in [7, 11) is 0. The fourth-order valence-electron chi connectivity index (χ4n) is 3.81. The number of amides is 1. The molecule has 1 aliphatic heterocycles. The number of thioether (sulfide) groups is 1. The first-order valence-corrected chi connectivity index (χ1v) is 12.7. The SMILES string of the molecule is CCSc1ccc(C(=O)NCCN2CCN(c3nc4c(C)c(C)ccc4s3)CC2)cc1.Cl. The highest BCUT2D eigenvalue weighted by Gasteiger charge is 2.20. The van der Waals surface area contributed by atoms with Gasteiger partial charge in [-0.15, -0.1) is 24.2 Å². The number of thiazole rings is 1. The van der Waals surface area contributed by atoms with Crippen LogP contribution >= 0.6 is 35.5 Å². The van der Waals surface area contributed by atoms with Gasteiger partial charge in [-0.1, -0.05) is 24.3 Å². The number of rotatable bonds is 7. The van der Waals surface area contributed by atoms with Crippen molar-refractivity contribution in [3.63, 3.8) is 0 Å². The summed E-state index contributed by atoms with van der Waals surface area (Å²) >= 11 is 3.58. The maximum absolute atomic E-state index is 12.4. The molecule has 0 aliphatic carbocycles. The van der Waals surface area contributed by atoms with Crippen molar-refractivity contribution in [1.82, 2.24) is 15.2 Å². The van der Waals surface area contributed by atoms with Crippen LogP contribution in [0.4, 0.5) is 5.13 Å². The number of anilines is 1. The Hall–Kier alpha value is -1.80. The molecule has 172 valence electrons. The monoisotopic (exact) mass is 490 g/mol. The molecular weight excluding hydrogens is 460 g/mol. The summed E-state index contributed by atoms with van der Waals surface area (Å²) < 4.78 is 1.27. The first-order valence-electron chi connectivity index (χ1n) is 10.9. The number of hydrogen-bond donors (Lipinski definition) is 1. The summed E-state index contributed by atoms with van der Waals surface area (Å²) in [6, 6.07) is 12.2. The summed E-state index contributed by atoms with van der Waals surface area (Å²) in [6.45, 7) is 11.9. The van der Waals surface area contributed by atoms with Crippen molar-refractivity contribution in [2.45, 2.75) is 25.7 Å². The van der Waals surface area contributed by atoms with Crippen LogP contribution in [0.2, 0.25) is 0 Å².